The van der Waals surface area contributed by atoms with Crippen molar-refractivity contribution in [3.63, 3.8) is 0 Å². The van der Waals surface area contributed by atoms with Gasteiger partial charge in [-0.15, -0.1) is 0 Å². The van der Waals surface area contributed by atoms with E-state index in [0.29, 0.717) is 11.2 Å². The summed E-state index contributed by atoms with van der Waals surface area (Å²) in [7, 11) is 0. The highest BCUT2D eigenvalue weighted by atomic mass is 16.3. The minimum Gasteiger partial charge on any atom is -0.507 e. The van der Waals surface area contributed by atoms with Crippen molar-refractivity contribution < 1.29 is 10.2 Å². The number of imidazole rings is 1. The molecule has 4 nitrogen and oxygen atoms in total. The summed E-state index contributed by atoms with van der Waals surface area (Å²) in [5.74, 6) is 0.175. The van der Waals surface area contributed by atoms with E-state index in [1.807, 2.05) is 28.9 Å². The van der Waals surface area contributed by atoms with Crippen LogP contribution < -0.4 is 0 Å². The molecule has 0 radical (unpaired) electrons. The van der Waals surface area contributed by atoms with Crippen LogP contribution in [0.1, 0.15) is 18.9 Å². The normalized spacial score (nSPS) is 11.1. The molecular formula is C16H16N2O2. The first-order chi connectivity index (χ1) is 9.70. The summed E-state index contributed by atoms with van der Waals surface area (Å²) in [6, 6.07) is 7.13. The van der Waals surface area contributed by atoms with Crippen molar-refractivity contribution >= 4 is 5.65 Å². The van der Waals surface area contributed by atoms with Crippen LogP contribution in [-0.2, 0) is 6.42 Å². The van der Waals surface area contributed by atoms with E-state index in [1.165, 1.54) is 0 Å². The Hall–Kier alpha value is -2.49. The molecule has 0 saturated carbocycles. The van der Waals surface area contributed by atoms with Gasteiger partial charge in [-0.2, -0.15) is 0 Å². The van der Waals surface area contributed by atoms with Gasteiger partial charge in [-0.1, -0.05) is 13.3 Å². The Kier molecular flexibility index (Phi) is 3.06. The van der Waals surface area contributed by atoms with Crippen LogP contribution in [0.3, 0.4) is 0 Å². The molecule has 0 spiro atoms. The Morgan fingerprint density at radius 2 is 1.90 bits per heavy atom. The summed E-state index contributed by atoms with van der Waals surface area (Å²) >= 11 is 0. The number of fused-ring (bicyclic) bond motifs is 1. The molecular weight excluding hydrogens is 252 g/mol. The second-order valence-electron chi connectivity index (χ2n) is 4.84. The lowest BCUT2D eigenvalue weighted by atomic mass is 10.0. The predicted octanol–water partition coefficient (Wildman–Crippen LogP) is 3.37. The zero-order chi connectivity index (χ0) is 14.1. The number of pyridine rings is 1. The van der Waals surface area contributed by atoms with E-state index in [2.05, 4.69) is 11.9 Å². The van der Waals surface area contributed by atoms with Gasteiger partial charge in [0.2, 0.25) is 0 Å². The van der Waals surface area contributed by atoms with Crippen LogP contribution in [0.2, 0.25) is 0 Å². The maximum Gasteiger partial charge on any atom is 0.144 e. The van der Waals surface area contributed by atoms with Gasteiger partial charge in [-0.05, 0) is 36.2 Å². The quantitative estimate of drug-likeness (QED) is 0.765. The Balaban J connectivity index is 2.22. The van der Waals surface area contributed by atoms with Gasteiger partial charge in [0.05, 0.1) is 5.56 Å². The second-order valence-corrected chi connectivity index (χ2v) is 4.84. The lowest BCUT2D eigenvalue weighted by molar-refractivity contribution is 0.453. The average Bonchev–Trinajstić information content (AvgIpc) is 2.87. The molecule has 3 aromatic rings. The molecule has 0 atom stereocenters. The number of benzene rings is 1. The van der Waals surface area contributed by atoms with Crippen molar-refractivity contribution in [2.75, 3.05) is 0 Å². The van der Waals surface area contributed by atoms with Crippen molar-refractivity contribution in [2.24, 2.45) is 0 Å². The van der Waals surface area contributed by atoms with E-state index in [0.717, 1.165) is 24.0 Å². The summed E-state index contributed by atoms with van der Waals surface area (Å²) in [5, 5.41) is 20.5. The minimum absolute atomic E-state index is 0.0875. The zero-order valence-electron chi connectivity index (χ0n) is 11.2. The fourth-order valence-electron chi connectivity index (χ4n) is 2.52. The molecule has 0 aliphatic rings. The molecule has 2 N–H and O–H groups in total. The summed E-state index contributed by atoms with van der Waals surface area (Å²) < 4.78 is 1.86. The smallest absolute Gasteiger partial charge is 0.144 e. The first-order valence-corrected chi connectivity index (χ1v) is 6.67. The largest absolute Gasteiger partial charge is 0.507 e. The van der Waals surface area contributed by atoms with Crippen molar-refractivity contribution in [3.05, 3.63) is 48.4 Å². The molecule has 0 unspecified atom stereocenters. The van der Waals surface area contributed by atoms with Gasteiger partial charge >= 0.3 is 0 Å². The van der Waals surface area contributed by atoms with Gasteiger partial charge in [0.1, 0.15) is 17.1 Å². The Morgan fingerprint density at radius 3 is 2.60 bits per heavy atom. The van der Waals surface area contributed by atoms with Crippen LogP contribution in [0.5, 0.6) is 11.5 Å². The number of rotatable bonds is 3. The van der Waals surface area contributed by atoms with Crippen LogP contribution in [0.4, 0.5) is 0 Å². The number of aromatic nitrogens is 2. The fraction of sp³-hybridized carbons (Fsp3) is 0.188. The number of hydrogen-bond acceptors (Lipinski definition) is 3. The highest BCUT2D eigenvalue weighted by Crippen LogP contribution is 2.39. The van der Waals surface area contributed by atoms with E-state index < -0.39 is 0 Å². The van der Waals surface area contributed by atoms with Gasteiger partial charge in [-0.3, -0.25) is 0 Å². The maximum atomic E-state index is 10.3. The van der Waals surface area contributed by atoms with Crippen molar-refractivity contribution in [2.45, 2.75) is 19.8 Å². The molecule has 2 aromatic heterocycles. The summed E-state index contributed by atoms with van der Waals surface area (Å²) in [4.78, 5) is 4.28. The molecule has 0 aliphatic carbocycles. The number of nitrogens with zero attached hydrogens (tertiary/aromatic N) is 2. The molecule has 0 saturated heterocycles. The first-order valence-electron chi connectivity index (χ1n) is 6.67. The van der Waals surface area contributed by atoms with Crippen LogP contribution in [0, 0.1) is 0 Å². The van der Waals surface area contributed by atoms with Gasteiger partial charge in [-0.25, -0.2) is 4.98 Å². The molecule has 0 aliphatic heterocycles. The van der Waals surface area contributed by atoms with E-state index in [1.54, 1.807) is 18.3 Å². The highest BCUT2D eigenvalue weighted by Gasteiger charge is 2.15. The molecule has 4 heteroatoms. The lowest BCUT2D eigenvalue weighted by Gasteiger charge is -2.11. The molecule has 3 rings (SSSR count). The summed E-state index contributed by atoms with van der Waals surface area (Å²) in [6.07, 6.45) is 7.20. The molecule has 0 amide bonds. The van der Waals surface area contributed by atoms with Gasteiger partial charge in [0.25, 0.3) is 0 Å². The van der Waals surface area contributed by atoms with Crippen LogP contribution >= 0.6 is 0 Å². The molecule has 0 bridgehead atoms. The highest BCUT2D eigenvalue weighted by molar-refractivity contribution is 5.85. The molecule has 2 heterocycles. The number of hydrogen-bond donors (Lipinski definition) is 2. The standard InChI is InChI=1S/C16H16N2O2/c1-2-4-11-9-13(19)15(14(20)10-11)12-5-3-7-18-8-6-17-16(12)18/h3,5-10,19-20H,2,4H2,1H3. The van der Waals surface area contributed by atoms with Crippen LogP contribution in [0.25, 0.3) is 16.8 Å². The van der Waals surface area contributed by atoms with E-state index in [4.69, 9.17) is 0 Å². The predicted molar refractivity (Wildman–Crippen MR) is 78.0 cm³/mol. The SMILES string of the molecule is CCCc1cc(O)c(-c2cccn3ccnc23)c(O)c1. The van der Waals surface area contributed by atoms with Gasteiger partial charge in [0.15, 0.2) is 0 Å². The molecule has 0 fully saturated rings. The molecule has 20 heavy (non-hydrogen) atoms. The fourth-order valence-corrected chi connectivity index (χ4v) is 2.52. The molecule has 102 valence electrons. The number of aryl methyl sites for hydroxylation is 1. The van der Waals surface area contributed by atoms with E-state index >= 15 is 0 Å². The maximum absolute atomic E-state index is 10.3. The Bertz CT molecular complexity index is 739. The van der Waals surface area contributed by atoms with Crippen molar-refractivity contribution in [3.8, 4) is 22.6 Å². The van der Waals surface area contributed by atoms with Crippen molar-refractivity contribution in [1.82, 2.24) is 9.38 Å². The van der Waals surface area contributed by atoms with E-state index in [-0.39, 0.29) is 11.5 Å². The third-order valence-corrected chi connectivity index (χ3v) is 3.38. The second kappa shape index (κ2) is 4.89. The number of aromatic hydroxyl groups is 2. The number of phenolic OH excluding ortho intramolecular Hbond substituents is 2. The first kappa shape index (κ1) is 12.5. The van der Waals surface area contributed by atoms with Gasteiger partial charge < -0.3 is 14.6 Å². The third-order valence-electron chi connectivity index (χ3n) is 3.38. The lowest BCUT2D eigenvalue weighted by Crippen LogP contribution is -1.90. The number of phenols is 2. The summed E-state index contributed by atoms with van der Waals surface area (Å²) in [6.45, 7) is 2.06. The zero-order valence-corrected chi connectivity index (χ0v) is 11.2. The van der Waals surface area contributed by atoms with E-state index in [9.17, 15) is 10.2 Å². The Morgan fingerprint density at radius 1 is 1.15 bits per heavy atom. The van der Waals surface area contributed by atoms with Crippen molar-refractivity contribution in [1.29, 1.82) is 0 Å². The van der Waals surface area contributed by atoms with Gasteiger partial charge in [0, 0.05) is 24.2 Å². The van der Waals surface area contributed by atoms with Crippen LogP contribution in [-0.4, -0.2) is 19.6 Å². The Labute approximate surface area is 117 Å². The monoisotopic (exact) mass is 268 g/mol. The third kappa shape index (κ3) is 1.99. The average molecular weight is 268 g/mol. The van der Waals surface area contributed by atoms with Crippen LogP contribution in [0.15, 0.2) is 42.9 Å². The minimum atomic E-state index is 0.0875. The molecule has 1 aromatic carbocycles. The topological polar surface area (TPSA) is 57.8 Å². The summed E-state index contributed by atoms with van der Waals surface area (Å²) in [5.41, 5.74) is 2.79.